The Morgan fingerprint density at radius 2 is 2.11 bits per heavy atom. The first-order chi connectivity index (χ1) is 8.63. The number of aromatic amines is 1. The molecule has 5 heteroatoms. The summed E-state index contributed by atoms with van der Waals surface area (Å²) >= 11 is 12.0. The maximum atomic E-state index is 11.8. The lowest BCUT2D eigenvalue weighted by Gasteiger charge is -2.08. The van der Waals surface area contributed by atoms with Gasteiger partial charge in [0.05, 0.1) is 17.0 Å². The molecule has 1 aromatic carbocycles. The van der Waals surface area contributed by atoms with E-state index in [9.17, 15) is 4.79 Å². The first-order valence-electron chi connectivity index (χ1n) is 5.65. The first-order valence-corrected chi connectivity index (χ1v) is 6.41. The Bertz CT molecular complexity index is 623. The molecule has 0 atom stereocenters. The zero-order valence-electron chi connectivity index (χ0n) is 9.84. The number of rotatable bonds is 3. The van der Waals surface area contributed by atoms with Gasteiger partial charge in [0, 0.05) is 16.1 Å². The third-order valence-electron chi connectivity index (χ3n) is 2.64. The van der Waals surface area contributed by atoms with Gasteiger partial charge < -0.3 is 4.98 Å². The van der Waals surface area contributed by atoms with E-state index >= 15 is 0 Å². The molecular formula is C13H12Cl2N2O. The van der Waals surface area contributed by atoms with E-state index in [1.54, 1.807) is 18.2 Å². The molecule has 1 aromatic heterocycles. The second kappa shape index (κ2) is 5.55. The van der Waals surface area contributed by atoms with Crippen LogP contribution < -0.4 is 5.56 Å². The Kier molecular flexibility index (Phi) is 4.04. The average Bonchev–Trinajstić information content (AvgIpc) is 2.32. The lowest BCUT2D eigenvalue weighted by molar-refractivity contribution is 0.888. The highest BCUT2D eigenvalue weighted by molar-refractivity contribution is 6.36. The van der Waals surface area contributed by atoms with E-state index in [4.69, 9.17) is 23.2 Å². The molecule has 2 aromatic rings. The second-order valence-corrected chi connectivity index (χ2v) is 4.78. The number of nitrogens with one attached hydrogen (secondary N) is 1. The van der Waals surface area contributed by atoms with Crippen LogP contribution in [-0.4, -0.2) is 9.97 Å². The molecule has 0 aliphatic heterocycles. The van der Waals surface area contributed by atoms with Gasteiger partial charge in [-0.3, -0.25) is 4.79 Å². The fourth-order valence-corrected chi connectivity index (χ4v) is 2.32. The van der Waals surface area contributed by atoms with Gasteiger partial charge in [0.25, 0.3) is 5.56 Å². The Balaban J connectivity index is 2.63. The Morgan fingerprint density at radius 3 is 2.78 bits per heavy atom. The van der Waals surface area contributed by atoms with E-state index in [1.165, 1.54) is 6.33 Å². The van der Waals surface area contributed by atoms with Gasteiger partial charge in [0.2, 0.25) is 0 Å². The molecule has 94 valence electrons. The monoisotopic (exact) mass is 282 g/mol. The van der Waals surface area contributed by atoms with E-state index in [2.05, 4.69) is 9.97 Å². The van der Waals surface area contributed by atoms with Crippen molar-refractivity contribution in [2.24, 2.45) is 0 Å². The van der Waals surface area contributed by atoms with Crippen molar-refractivity contribution in [2.45, 2.75) is 19.8 Å². The summed E-state index contributed by atoms with van der Waals surface area (Å²) in [5, 5.41) is 1.06. The van der Waals surface area contributed by atoms with Crippen LogP contribution in [0.1, 0.15) is 18.9 Å². The van der Waals surface area contributed by atoms with E-state index < -0.39 is 0 Å². The molecule has 18 heavy (non-hydrogen) atoms. The highest BCUT2D eigenvalue weighted by Gasteiger charge is 2.13. The average molecular weight is 283 g/mol. The Hall–Kier alpha value is -1.32. The van der Waals surface area contributed by atoms with Crippen molar-refractivity contribution >= 4 is 23.2 Å². The number of H-pyrrole nitrogens is 1. The standard InChI is InChI=1S/C13H12Cl2N2O/c1-2-3-10-12(16-7-17-13(10)18)9-5-4-8(14)6-11(9)15/h4-7H,2-3H2,1H3,(H,16,17,18). The van der Waals surface area contributed by atoms with Crippen LogP contribution in [0.2, 0.25) is 10.0 Å². The summed E-state index contributed by atoms with van der Waals surface area (Å²) in [6, 6.07) is 5.17. The minimum atomic E-state index is -0.118. The molecular weight excluding hydrogens is 271 g/mol. The van der Waals surface area contributed by atoms with Crippen molar-refractivity contribution in [1.29, 1.82) is 0 Å². The SMILES string of the molecule is CCCc1c(-c2ccc(Cl)cc2Cl)nc[nH]c1=O. The predicted molar refractivity (Wildman–Crippen MR) is 74.3 cm³/mol. The third-order valence-corrected chi connectivity index (χ3v) is 3.18. The highest BCUT2D eigenvalue weighted by atomic mass is 35.5. The normalized spacial score (nSPS) is 10.6. The number of hydrogen-bond acceptors (Lipinski definition) is 2. The van der Waals surface area contributed by atoms with Crippen LogP contribution in [0.3, 0.4) is 0 Å². The zero-order chi connectivity index (χ0) is 13.1. The molecule has 0 saturated heterocycles. The molecule has 0 spiro atoms. The van der Waals surface area contributed by atoms with Gasteiger partial charge in [0.1, 0.15) is 0 Å². The van der Waals surface area contributed by atoms with Gasteiger partial charge in [-0.15, -0.1) is 0 Å². The fraction of sp³-hybridized carbons (Fsp3) is 0.231. The van der Waals surface area contributed by atoms with Crippen molar-refractivity contribution < 1.29 is 0 Å². The maximum Gasteiger partial charge on any atom is 0.254 e. The summed E-state index contributed by atoms with van der Waals surface area (Å²) < 4.78 is 0. The first kappa shape index (κ1) is 13.1. The Labute approximate surface area is 115 Å². The summed E-state index contributed by atoms with van der Waals surface area (Å²) in [6.07, 6.45) is 2.92. The van der Waals surface area contributed by atoms with E-state index in [1.807, 2.05) is 6.92 Å². The molecule has 1 N–H and O–H groups in total. The number of aromatic nitrogens is 2. The number of nitrogens with zero attached hydrogens (tertiary/aromatic N) is 1. The second-order valence-electron chi connectivity index (χ2n) is 3.93. The van der Waals surface area contributed by atoms with Crippen LogP contribution in [0.4, 0.5) is 0 Å². The van der Waals surface area contributed by atoms with Crippen LogP contribution >= 0.6 is 23.2 Å². The lowest BCUT2D eigenvalue weighted by Crippen LogP contribution is -2.14. The summed E-state index contributed by atoms with van der Waals surface area (Å²) in [5.74, 6) is 0. The number of benzene rings is 1. The van der Waals surface area contributed by atoms with Crippen molar-refractivity contribution in [2.75, 3.05) is 0 Å². The number of hydrogen-bond donors (Lipinski definition) is 1. The van der Waals surface area contributed by atoms with E-state index in [-0.39, 0.29) is 5.56 Å². The molecule has 0 bridgehead atoms. The Morgan fingerprint density at radius 1 is 1.33 bits per heavy atom. The van der Waals surface area contributed by atoms with Crippen LogP contribution in [-0.2, 0) is 6.42 Å². The molecule has 1 heterocycles. The molecule has 0 unspecified atom stereocenters. The van der Waals surface area contributed by atoms with E-state index in [0.717, 1.165) is 12.0 Å². The molecule has 0 amide bonds. The largest absolute Gasteiger partial charge is 0.313 e. The summed E-state index contributed by atoms with van der Waals surface area (Å²) in [4.78, 5) is 18.6. The minimum Gasteiger partial charge on any atom is -0.313 e. The van der Waals surface area contributed by atoms with Gasteiger partial charge in [-0.05, 0) is 24.6 Å². The van der Waals surface area contributed by atoms with Crippen LogP contribution in [0, 0.1) is 0 Å². The van der Waals surface area contributed by atoms with Gasteiger partial charge >= 0.3 is 0 Å². The molecule has 0 fully saturated rings. The molecule has 3 nitrogen and oxygen atoms in total. The molecule has 2 rings (SSSR count). The van der Waals surface area contributed by atoms with Crippen molar-refractivity contribution in [3.05, 3.63) is 50.5 Å². The van der Waals surface area contributed by atoms with Crippen LogP contribution in [0.25, 0.3) is 11.3 Å². The maximum absolute atomic E-state index is 11.8. The smallest absolute Gasteiger partial charge is 0.254 e. The van der Waals surface area contributed by atoms with Gasteiger partial charge in [0.15, 0.2) is 0 Å². The molecule has 0 aliphatic rings. The van der Waals surface area contributed by atoms with Crippen LogP contribution in [0.5, 0.6) is 0 Å². The topological polar surface area (TPSA) is 45.8 Å². The van der Waals surface area contributed by atoms with E-state index in [0.29, 0.717) is 27.7 Å². The highest BCUT2D eigenvalue weighted by Crippen LogP contribution is 2.30. The van der Waals surface area contributed by atoms with Crippen LogP contribution in [0.15, 0.2) is 29.3 Å². The van der Waals surface area contributed by atoms with Gasteiger partial charge in [-0.25, -0.2) is 4.98 Å². The summed E-state index contributed by atoms with van der Waals surface area (Å²) in [5.41, 5.74) is 1.90. The van der Waals surface area contributed by atoms with Crippen molar-refractivity contribution in [1.82, 2.24) is 9.97 Å². The predicted octanol–water partition coefficient (Wildman–Crippen LogP) is 3.70. The molecule has 0 saturated carbocycles. The van der Waals surface area contributed by atoms with Crippen molar-refractivity contribution in [3.8, 4) is 11.3 Å². The summed E-state index contributed by atoms with van der Waals surface area (Å²) in [7, 11) is 0. The third kappa shape index (κ3) is 2.57. The number of halogens is 2. The minimum absolute atomic E-state index is 0.118. The zero-order valence-corrected chi connectivity index (χ0v) is 11.3. The van der Waals surface area contributed by atoms with Crippen molar-refractivity contribution in [3.63, 3.8) is 0 Å². The molecule has 0 radical (unpaired) electrons. The molecule has 0 aliphatic carbocycles. The quantitative estimate of drug-likeness (QED) is 0.933. The fourth-order valence-electron chi connectivity index (χ4n) is 1.82. The summed E-state index contributed by atoms with van der Waals surface area (Å²) in [6.45, 7) is 2.01. The van der Waals surface area contributed by atoms with Gasteiger partial charge in [-0.1, -0.05) is 36.5 Å². The lowest BCUT2D eigenvalue weighted by atomic mass is 10.0. The van der Waals surface area contributed by atoms with Gasteiger partial charge in [-0.2, -0.15) is 0 Å².